The van der Waals surface area contributed by atoms with Crippen LogP contribution in [0.3, 0.4) is 0 Å². The Balaban J connectivity index is 1.64. The van der Waals surface area contributed by atoms with Crippen molar-refractivity contribution in [1.29, 1.82) is 0 Å². The number of sulfonamides is 1. The number of carbonyl (C=O) groups is 1. The van der Waals surface area contributed by atoms with Crippen LogP contribution in [0.15, 0.2) is 58.8 Å². The molecular formula is C19H18ClN3O3S2. The Morgan fingerprint density at radius 3 is 2.36 bits per heavy atom. The SMILES string of the molecule is Cc1nc(-c2ccc(NC(=O)CN(C)S(=O)(=O)c3ccc(Cl)cc3)cc2)cs1. The molecule has 0 aliphatic carbocycles. The average molecular weight is 436 g/mol. The molecule has 1 aromatic heterocycles. The summed E-state index contributed by atoms with van der Waals surface area (Å²) < 4.78 is 26.1. The maximum absolute atomic E-state index is 12.5. The van der Waals surface area contributed by atoms with E-state index in [0.717, 1.165) is 20.6 Å². The molecule has 0 bridgehead atoms. The van der Waals surface area contributed by atoms with Gasteiger partial charge in [-0.25, -0.2) is 13.4 Å². The van der Waals surface area contributed by atoms with Gasteiger partial charge in [0.1, 0.15) is 0 Å². The van der Waals surface area contributed by atoms with Crippen molar-refractivity contribution in [2.75, 3.05) is 18.9 Å². The number of aromatic nitrogens is 1. The largest absolute Gasteiger partial charge is 0.325 e. The van der Waals surface area contributed by atoms with Crippen LogP contribution >= 0.6 is 22.9 Å². The lowest BCUT2D eigenvalue weighted by Crippen LogP contribution is -2.34. The van der Waals surface area contributed by atoms with Crippen LogP contribution in [0.25, 0.3) is 11.3 Å². The molecule has 1 amide bonds. The highest BCUT2D eigenvalue weighted by Crippen LogP contribution is 2.23. The molecule has 0 fully saturated rings. The number of likely N-dealkylation sites (N-methyl/N-ethyl adjacent to an activating group) is 1. The summed E-state index contributed by atoms with van der Waals surface area (Å²) in [5.74, 6) is -0.433. The van der Waals surface area contributed by atoms with Crippen LogP contribution < -0.4 is 5.32 Å². The smallest absolute Gasteiger partial charge is 0.243 e. The molecule has 0 spiro atoms. The lowest BCUT2D eigenvalue weighted by atomic mass is 10.1. The second-order valence-electron chi connectivity index (χ2n) is 6.09. The van der Waals surface area contributed by atoms with Crippen molar-refractivity contribution in [1.82, 2.24) is 9.29 Å². The van der Waals surface area contributed by atoms with Gasteiger partial charge in [0.05, 0.1) is 22.1 Å². The minimum atomic E-state index is -3.78. The van der Waals surface area contributed by atoms with E-state index in [9.17, 15) is 13.2 Å². The molecule has 9 heteroatoms. The first-order valence-electron chi connectivity index (χ1n) is 8.30. The fraction of sp³-hybridized carbons (Fsp3) is 0.158. The van der Waals surface area contributed by atoms with Gasteiger partial charge in [-0.1, -0.05) is 23.7 Å². The molecule has 0 saturated heterocycles. The highest BCUT2D eigenvalue weighted by molar-refractivity contribution is 7.89. The predicted octanol–water partition coefficient (Wildman–Crippen LogP) is 4.03. The summed E-state index contributed by atoms with van der Waals surface area (Å²) in [6.45, 7) is 1.63. The summed E-state index contributed by atoms with van der Waals surface area (Å²) >= 11 is 7.36. The molecule has 3 rings (SSSR count). The van der Waals surface area contributed by atoms with E-state index in [4.69, 9.17) is 11.6 Å². The molecule has 3 aromatic rings. The van der Waals surface area contributed by atoms with Gasteiger partial charge in [0.25, 0.3) is 0 Å². The first kappa shape index (κ1) is 20.5. The van der Waals surface area contributed by atoms with Gasteiger partial charge in [-0.15, -0.1) is 11.3 Å². The van der Waals surface area contributed by atoms with Crippen LogP contribution in [0, 0.1) is 6.92 Å². The van der Waals surface area contributed by atoms with Gasteiger partial charge in [-0.05, 0) is 43.3 Å². The molecule has 1 heterocycles. The Morgan fingerprint density at radius 1 is 1.14 bits per heavy atom. The molecule has 0 aliphatic heterocycles. The summed E-state index contributed by atoms with van der Waals surface area (Å²) in [6.07, 6.45) is 0. The molecule has 6 nitrogen and oxygen atoms in total. The van der Waals surface area contributed by atoms with Crippen molar-refractivity contribution in [2.24, 2.45) is 0 Å². The second-order valence-corrected chi connectivity index (χ2v) is 9.64. The molecule has 0 unspecified atom stereocenters. The summed E-state index contributed by atoms with van der Waals surface area (Å²) in [7, 11) is -2.42. The zero-order chi connectivity index (χ0) is 20.3. The van der Waals surface area contributed by atoms with E-state index in [-0.39, 0.29) is 11.4 Å². The number of benzene rings is 2. The minimum absolute atomic E-state index is 0.0788. The predicted molar refractivity (Wildman–Crippen MR) is 112 cm³/mol. The van der Waals surface area contributed by atoms with E-state index in [1.165, 1.54) is 31.3 Å². The van der Waals surface area contributed by atoms with E-state index in [1.54, 1.807) is 23.5 Å². The summed E-state index contributed by atoms with van der Waals surface area (Å²) in [5.41, 5.74) is 2.41. The van der Waals surface area contributed by atoms with Crippen LogP contribution in [0.4, 0.5) is 5.69 Å². The number of hydrogen-bond acceptors (Lipinski definition) is 5. The van der Waals surface area contributed by atoms with Crippen LogP contribution in [0.1, 0.15) is 5.01 Å². The van der Waals surface area contributed by atoms with E-state index in [1.807, 2.05) is 24.4 Å². The van der Waals surface area contributed by atoms with Gasteiger partial charge in [-0.2, -0.15) is 4.31 Å². The van der Waals surface area contributed by atoms with Gasteiger partial charge in [0, 0.05) is 28.7 Å². The zero-order valence-electron chi connectivity index (χ0n) is 15.2. The van der Waals surface area contributed by atoms with E-state index < -0.39 is 15.9 Å². The lowest BCUT2D eigenvalue weighted by molar-refractivity contribution is -0.116. The van der Waals surface area contributed by atoms with Crippen molar-refractivity contribution in [3.63, 3.8) is 0 Å². The highest BCUT2D eigenvalue weighted by Gasteiger charge is 2.22. The van der Waals surface area contributed by atoms with E-state index >= 15 is 0 Å². The van der Waals surface area contributed by atoms with Crippen molar-refractivity contribution >= 4 is 44.6 Å². The lowest BCUT2D eigenvalue weighted by Gasteiger charge is -2.17. The van der Waals surface area contributed by atoms with Gasteiger partial charge in [-0.3, -0.25) is 4.79 Å². The average Bonchev–Trinajstić information content (AvgIpc) is 3.09. The van der Waals surface area contributed by atoms with Gasteiger partial charge in [0.2, 0.25) is 15.9 Å². The number of hydrogen-bond donors (Lipinski definition) is 1. The number of halogens is 1. The first-order valence-corrected chi connectivity index (χ1v) is 11.0. The van der Waals surface area contributed by atoms with Crippen LogP contribution in [-0.4, -0.2) is 37.2 Å². The third kappa shape index (κ3) is 4.77. The summed E-state index contributed by atoms with van der Waals surface area (Å²) in [4.78, 5) is 16.8. The molecule has 0 atom stereocenters. The Hall–Kier alpha value is -2.26. The number of carbonyl (C=O) groups excluding carboxylic acids is 1. The zero-order valence-corrected chi connectivity index (χ0v) is 17.6. The Labute approximate surface area is 172 Å². The number of nitrogens with one attached hydrogen (secondary N) is 1. The highest BCUT2D eigenvalue weighted by atomic mass is 35.5. The number of nitrogens with zero attached hydrogens (tertiary/aromatic N) is 2. The van der Waals surface area contributed by atoms with Crippen LogP contribution in [0.5, 0.6) is 0 Å². The quantitative estimate of drug-likeness (QED) is 0.633. The normalized spacial score (nSPS) is 11.6. The number of rotatable bonds is 6. The first-order chi connectivity index (χ1) is 13.3. The van der Waals surface area contributed by atoms with Gasteiger partial charge >= 0.3 is 0 Å². The number of thiazole rings is 1. The monoisotopic (exact) mass is 435 g/mol. The number of anilines is 1. The number of amides is 1. The summed E-state index contributed by atoms with van der Waals surface area (Å²) in [5, 5.41) is 6.10. The third-order valence-electron chi connectivity index (χ3n) is 3.97. The van der Waals surface area contributed by atoms with Crippen LogP contribution in [0.2, 0.25) is 5.02 Å². The maximum Gasteiger partial charge on any atom is 0.243 e. The molecular weight excluding hydrogens is 418 g/mol. The van der Waals surface area contributed by atoms with Crippen molar-refractivity contribution in [3.8, 4) is 11.3 Å². The fourth-order valence-corrected chi connectivity index (χ4v) is 4.37. The molecule has 0 radical (unpaired) electrons. The molecule has 0 saturated carbocycles. The van der Waals surface area contributed by atoms with E-state index in [2.05, 4.69) is 10.3 Å². The maximum atomic E-state index is 12.5. The second kappa shape index (κ2) is 8.40. The van der Waals surface area contributed by atoms with Crippen molar-refractivity contribution in [2.45, 2.75) is 11.8 Å². The molecule has 2 aromatic carbocycles. The summed E-state index contributed by atoms with van der Waals surface area (Å²) in [6, 6.07) is 13.0. The fourth-order valence-electron chi connectivity index (χ4n) is 2.49. The number of aryl methyl sites for hydroxylation is 1. The van der Waals surface area contributed by atoms with Crippen molar-refractivity contribution < 1.29 is 13.2 Å². The van der Waals surface area contributed by atoms with Crippen molar-refractivity contribution in [3.05, 3.63) is 63.9 Å². The van der Waals surface area contributed by atoms with Gasteiger partial charge in [0.15, 0.2) is 0 Å². The minimum Gasteiger partial charge on any atom is -0.325 e. The van der Waals surface area contributed by atoms with E-state index in [0.29, 0.717) is 10.7 Å². The standard InChI is InChI=1S/C19H18ClN3O3S2/c1-13-21-18(12-27-13)14-3-7-16(8-4-14)22-19(24)11-23(2)28(25,26)17-9-5-15(20)6-10-17/h3-10,12H,11H2,1-2H3,(H,22,24). The Bertz CT molecular complexity index is 1080. The van der Waals surface area contributed by atoms with Crippen LogP contribution in [-0.2, 0) is 14.8 Å². The topological polar surface area (TPSA) is 79.4 Å². The molecule has 146 valence electrons. The Kier molecular flexibility index (Phi) is 6.14. The van der Waals surface area contributed by atoms with Gasteiger partial charge < -0.3 is 5.32 Å². The molecule has 1 N–H and O–H groups in total. The third-order valence-corrected chi connectivity index (χ3v) is 6.81. The Morgan fingerprint density at radius 2 is 1.79 bits per heavy atom. The molecule has 28 heavy (non-hydrogen) atoms. The molecule has 0 aliphatic rings.